The number of anilines is 2. The smallest absolute Gasteiger partial charge is 0.273 e. The summed E-state index contributed by atoms with van der Waals surface area (Å²) in [5.41, 5.74) is 13.3. The molecule has 11 heteroatoms. The minimum Gasteiger partial charge on any atom is -0.508 e. The Balaban J connectivity index is 1.81. The van der Waals surface area contributed by atoms with Crippen molar-refractivity contribution in [3.8, 4) is 5.75 Å². The number of halogens is 1. The molecule has 0 aliphatic carbocycles. The highest BCUT2D eigenvalue weighted by atomic mass is 32.1. The van der Waals surface area contributed by atoms with Crippen LogP contribution < -0.4 is 21.7 Å². The first kappa shape index (κ1) is 26.3. The summed E-state index contributed by atoms with van der Waals surface area (Å²) in [7, 11) is 0. The second-order valence-electron chi connectivity index (χ2n) is 8.49. The van der Waals surface area contributed by atoms with E-state index in [2.05, 4.69) is 9.69 Å². The molecule has 0 bridgehead atoms. The summed E-state index contributed by atoms with van der Waals surface area (Å²) in [6.45, 7) is 1.90. The molecular formula is C27H24FN5O4S. The van der Waals surface area contributed by atoms with Crippen LogP contribution in [-0.2, 0) is 11.3 Å². The molecule has 0 unspecified atom stereocenters. The summed E-state index contributed by atoms with van der Waals surface area (Å²) in [5, 5.41) is 12.6. The van der Waals surface area contributed by atoms with Crippen LogP contribution >= 0.6 is 11.5 Å². The van der Waals surface area contributed by atoms with Crippen LogP contribution in [0.25, 0.3) is 0 Å². The van der Waals surface area contributed by atoms with E-state index in [1.807, 2.05) is 13.0 Å². The quantitative estimate of drug-likeness (QED) is 0.271. The Morgan fingerprint density at radius 1 is 1.08 bits per heavy atom. The van der Waals surface area contributed by atoms with Gasteiger partial charge in [-0.25, -0.2) is 4.39 Å². The number of amides is 3. The van der Waals surface area contributed by atoms with Gasteiger partial charge in [-0.15, -0.1) is 0 Å². The van der Waals surface area contributed by atoms with Crippen LogP contribution in [-0.4, -0.2) is 27.2 Å². The molecule has 1 heterocycles. The van der Waals surface area contributed by atoms with E-state index in [1.54, 1.807) is 18.2 Å². The number of aryl methyl sites for hydroxylation is 1. The lowest BCUT2D eigenvalue weighted by Crippen LogP contribution is -2.44. The normalized spacial score (nSPS) is 11.5. The standard InChI is InChI=1S/C27H24FN5O4S/c1-15-3-2-4-19(13-15)33(27(37)24-21(29)22(25(30)35)32-38-24)23(17-7-11-20(34)12-8-17)26(36)31-14-16-5-9-18(28)10-6-16/h2-13,23,34H,14,29H2,1H3,(H2,30,35)(H,31,36)/t23-/m0/s1. The van der Waals surface area contributed by atoms with Gasteiger partial charge in [0.1, 0.15) is 22.5 Å². The number of nitrogens with one attached hydrogen (secondary N) is 1. The zero-order chi connectivity index (χ0) is 27.4. The predicted octanol–water partition coefficient (Wildman–Crippen LogP) is 3.68. The Hall–Kier alpha value is -4.77. The molecule has 0 fully saturated rings. The summed E-state index contributed by atoms with van der Waals surface area (Å²) in [6, 6.07) is 17.2. The van der Waals surface area contributed by atoms with Crippen LogP contribution in [0.3, 0.4) is 0 Å². The largest absolute Gasteiger partial charge is 0.508 e. The average molecular weight is 534 g/mol. The SMILES string of the molecule is Cc1cccc(N(C(=O)c2snc(C(N)=O)c2N)[C@H](C(=O)NCc2ccc(F)cc2)c2ccc(O)cc2)c1. The molecule has 194 valence electrons. The Morgan fingerprint density at radius 2 is 1.76 bits per heavy atom. The second-order valence-corrected chi connectivity index (χ2v) is 9.26. The van der Waals surface area contributed by atoms with Crippen molar-refractivity contribution in [2.45, 2.75) is 19.5 Å². The molecule has 4 rings (SSSR count). The topological polar surface area (TPSA) is 152 Å². The number of aromatic nitrogens is 1. The summed E-state index contributed by atoms with van der Waals surface area (Å²) in [5.74, 6) is -2.53. The molecule has 0 saturated heterocycles. The second kappa shape index (κ2) is 11.1. The van der Waals surface area contributed by atoms with Crippen molar-refractivity contribution in [3.05, 3.63) is 106 Å². The highest BCUT2D eigenvalue weighted by Crippen LogP contribution is 2.34. The van der Waals surface area contributed by atoms with Crippen LogP contribution in [0.15, 0.2) is 72.8 Å². The lowest BCUT2D eigenvalue weighted by Gasteiger charge is -2.31. The van der Waals surface area contributed by atoms with Crippen LogP contribution in [0.1, 0.15) is 42.9 Å². The molecule has 1 atom stereocenters. The molecule has 6 N–H and O–H groups in total. The summed E-state index contributed by atoms with van der Waals surface area (Å²) in [6.07, 6.45) is 0. The number of carbonyl (C=O) groups excluding carboxylic acids is 3. The van der Waals surface area contributed by atoms with Gasteiger partial charge in [-0.1, -0.05) is 36.4 Å². The lowest BCUT2D eigenvalue weighted by molar-refractivity contribution is -0.122. The number of benzene rings is 3. The first-order valence-corrected chi connectivity index (χ1v) is 12.2. The number of nitrogens with two attached hydrogens (primary N) is 2. The van der Waals surface area contributed by atoms with Gasteiger partial charge in [-0.3, -0.25) is 19.3 Å². The number of rotatable bonds is 8. The van der Waals surface area contributed by atoms with E-state index in [0.717, 1.165) is 5.56 Å². The molecular weight excluding hydrogens is 509 g/mol. The van der Waals surface area contributed by atoms with Crippen LogP contribution in [0, 0.1) is 12.7 Å². The number of primary amides is 1. The van der Waals surface area contributed by atoms with E-state index >= 15 is 0 Å². The highest BCUT2D eigenvalue weighted by Gasteiger charge is 2.36. The van der Waals surface area contributed by atoms with Crippen molar-refractivity contribution < 1.29 is 23.9 Å². The van der Waals surface area contributed by atoms with Gasteiger partial charge in [0.25, 0.3) is 11.8 Å². The Kier molecular flexibility index (Phi) is 7.68. The summed E-state index contributed by atoms with van der Waals surface area (Å²) < 4.78 is 17.3. The van der Waals surface area contributed by atoms with Gasteiger partial charge < -0.3 is 21.9 Å². The van der Waals surface area contributed by atoms with Crippen LogP contribution in [0.4, 0.5) is 15.8 Å². The van der Waals surface area contributed by atoms with Crippen molar-refractivity contribution in [2.75, 3.05) is 10.6 Å². The number of phenolic OH excluding ortho intramolecular Hbond substituents is 1. The fourth-order valence-corrected chi connectivity index (χ4v) is 4.60. The molecule has 0 radical (unpaired) electrons. The van der Waals surface area contributed by atoms with Crippen molar-refractivity contribution in [1.82, 2.24) is 9.69 Å². The average Bonchev–Trinajstić information content (AvgIpc) is 3.28. The van der Waals surface area contributed by atoms with Gasteiger partial charge >= 0.3 is 0 Å². The first-order chi connectivity index (χ1) is 18.2. The number of carbonyl (C=O) groups is 3. The number of aromatic hydroxyl groups is 1. The number of nitrogen functional groups attached to an aromatic ring is 1. The molecule has 0 aliphatic heterocycles. The van der Waals surface area contributed by atoms with E-state index in [1.165, 1.54) is 53.4 Å². The maximum atomic E-state index is 14.0. The zero-order valence-corrected chi connectivity index (χ0v) is 21.0. The van der Waals surface area contributed by atoms with Gasteiger partial charge in [-0.05, 0) is 71.5 Å². The number of phenols is 1. The zero-order valence-electron chi connectivity index (χ0n) is 20.2. The Bertz CT molecular complexity index is 1490. The molecule has 38 heavy (non-hydrogen) atoms. The number of hydrogen-bond donors (Lipinski definition) is 4. The third-order valence-electron chi connectivity index (χ3n) is 5.75. The molecule has 3 amide bonds. The summed E-state index contributed by atoms with van der Waals surface area (Å²) >= 11 is 0.704. The third-order valence-corrected chi connectivity index (χ3v) is 6.60. The van der Waals surface area contributed by atoms with E-state index < -0.39 is 29.6 Å². The maximum Gasteiger partial charge on any atom is 0.273 e. The Labute approximate surface area is 221 Å². The number of nitrogens with zero attached hydrogens (tertiary/aromatic N) is 2. The van der Waals surface area contributed by atoms with E-state index in [0.29, 0.717) is 28.3 Å². The van der Waals surface area contributed by atoms with Gasteiger partial charge in [0.2, 0.25) is 5.91 Å². The van der Waals surface area contributed by atoms with Crippen LogP contribution in [0.2, 0.25) is 0 Å². The monoisotopic (exact) mass is 533 g/mol. The van der Waals surface area contributed by atoms with E-state index in [-0.39, 0.29) is 28.6 Å². The predicted molar refractivity (Wildman–Crippen MR) is 142 cm³/mol. The minimum absolute atomic E-state index is 0.0227. The molecule has 4 aromatic rings. The fraction of sp³-hybridized carbons (Fsp3) is 0.111. The molecule has 1 aromatic heterocycles. The lowest BCUT2D eigenvalue weighted by atomic mass is 10.0. The van der Waals surface area contributed by atoms with Crippen molar-refractivity contribution in [1.29, 1.82) is 0 Å². The van der Waals surface area contributed by atoms with Gasteiger partial charge in [0.05, 0.1) is 5.69 Å². The maximum absolute atomic E-state index is 14.0. The molecule has 0 saturated carbocycles. The van der Waals surface area contributed by atoms with Crippen molar-refractivity contribution in [2.24, 2.45) is 5.73 Å². The van der Waals surface area contributed by atoms with Crippen molar-refractivity contribution >= 4 is 40.6 Å². The van der Waals surface area contributed by atoms with E-state index in [9.17, 15) is 23.9 Å². The molecule has 0 spiro atoms. The third kappa shape index (κ3) is 5.62. The highest BCUT2D eigenvalue weighted by molar-refractivity contribution is 7.09. The molecule has 9 nitrogen and oxygen atoms in total. The van der Waals surface area contributed by atoms with Gasteiger partial charge in [0.15, 0.2) is 5.69 Å². The van der Waals surface area contributed by atoms with Crippen LogP contribution in [0.5, 0.6) is 5.75 Å². The van der Waals surface area contributed by atoms with Gasteiger partial charge in [-0.2, -0.15) is 4.37 Å². The number of hydrogen-bond acceptors (Lipinski definition) is 7. The van der Waals surface area contributed by atoms with Gasteiger partial charge in [0, 0.05) is 12.2 Å². The van der Waals surface area contributed by atoms with Crippen molar-refractivity contribution in [3.63, 3.8) is 0 Å². The summed E-state index contributed by atoms with van der Waals surface area (Å²) in [4.78, 5) is 40.7. The Morgan fingerprint density at radius 3 is 2.37 bits per heavy atom. The fourth-order valence-electron chi connectivity index (χ4n) is 3.86. The molecule has 0 aliphatic rings. The van der Waals surface area contributed by atoms with E-state index in [4.69, 9.17) is 11.5 Å². The first-order valence-electron chi connectivity index (χ1n) is 11.4. The molecule has 3 aromatic carbocycles. The minimum atomic E-state index is -1.22.